The van der Waals surface area contributed by atoms with Gasteiger partial charge in [0.25, 0.3) is 0 Å². The number of rotatable bonds is 3. The highest BCUT2D eigenvalue weighted by atomic mass is 127. The van der Waals surface area contributed by atoms with E-state index in [0.717, 1.165) is 0 Å². The van der Waals surface area contributed by atoms with E-state index in [1.807, 2.05) is 34.6 Å². The van der Waals surface area contributed by atoms with Gasteiger partial charge in [0.1, 0.15) is 0 Å². The summed E-state index contributed by atoms with van der Waals surface area (Å²) in [5.41, 5.74) is 5.39. The molecule has 0 heterocycles. The lowest BCUT2D eigenvalue weighted by Gasteiger charge is -2.23. The van der Waals surface area contributed by atoms with Gasteiger partial charge in [-0.25, -0.2) is 0 Å². The smallest absolute Gasteiger partial charge is 0.189 e. The molecule has 0 radical (unpaired) electrons. The maximum Gasteiger partial charge on any atom is 0.189 e. The zero-order valence-corrected chi connectivity index (χ0v) is 12.9. The summed E-state index contributed by atoms with van der Waals surface area (Å²) in [6, 6.07) is 0. The second-order valence-corrected chi connectivity index (χ2v) is 5.04. The van der Waals surface area contributed by atoms with Crippen molar-refractivity contribution in [1.29, 1.82) is 0 Å². The first-order valence-corrected chi connectivity index (χ1v) is 4.79. The first kappa shape index (κ1) is 17.4. The van der Waals surface area contributed by atoms with Gasteiger partial charge in [-0.15, -0.1) is 24.0 Å². The molecule has 0 aromatic carbocycles. The molecule has 0 saturated carbocycles. The van der Waals surface area contributed by atoms with Crippen LogP contribution in [-0.4, -0.2) is 30.8 Å². The van der Waals surface area contributed by atoms with Crippen LogP contribution >= 0.6 is 24.0 Å². The van der Waals surface area contributed by atoms with Crippen molar-refractivity contribution < 1.29 is 4.74 Å². The molecule has 0 aliphatic rings. The summed E-state index contributed by atoms with van der Waals surface area (Å²) in [5.74, 6) is 0.461. The van der Waals surface area contributed by atoms with E-state index >= 15 is 0 Å². The van der Waals surface area contributed by atoms with Gasteiger partial charge in [-0.3, -0.25) is 4.99 Å². The number of hydrogen-bond donors (Lipinski definition) is 2. The van der Waals surface area contributed by atoms with Crippen molar-refractivity contribution >= 4 is 29.9 Å². The van der Waals surface area contributed by atoms with Crippen LogP contribution in [0.1, 0.15) is 34.6 Å². The monoisotopic (exact) mass is 329 g/mol. The Balaban J connectivity index is 0. The molecule has 0 saturated heterocycles. The molecule has 0 rings (SSSR count). The van der Waals surface area contributed by atoms with Gasteiger partial charge in [0.05, 0.1) is 12.1 Å². The molecule has 4 nitrogen and oxygen atoms in total. The van der Waals surface area contributed by atoms with E-state index in [9.17, 15) is 0 Å². The van der Waals surface area contributed by atoms with Crippen molar-refractivity contribution in [2.24, 2.45) is 10.7 Å². The van der Waals surface area contributed by atoms with Crippen LogP contribution in [0.5, 0.6) is 0 Å². The van der Waals surface area contributed by atoms with E-state index in [-0.39, 0.29) is 35.1 Å². The van der Waals surface area contributed by atoms with Crippen LogP contribution in [0.15, 0.2) is 4.99 Å². The van der Waals surface area contributed by atoms with E-state index in [1.54, 1.807) is 7.11 Å². The van der Waals surface area contributed by atoms with Crippen molar-refractivity contribution in [2.45, 2.75) is 45.8 Å². The summed E-state index contributed by atoms with van der Waals surface area (Å²) in [7, 11) is 1.67. The van der Waals surface area contributed by atoms with Crippen LogP contribution in [0.2, 0.25) is 0 Å². The van der Waals surface area contributed by atoms with Crippen molar-refractivity contribution in [1.82, 2.24) is 5.32 Å². The number of halogens is 1. The van der Waals surface area contributed by atoms with Gasteiger partial charge in [-0.1, -0.05) is 0 Å². The van der Waals surface area contributed by atoms with Crippen LogP contribution < -0.4 is 11.1 Å². The predicted molar refractivity (Wildman–Crippen MR) is 75.9 cm³/mol. The van der Waals surface area contributed by atoms with Crippen LogP contribution in [0.25, 0.3) is 0 Å². The number of nitrogens with zero attached hydrogens (tertiary/aromatic N) is 1. The molecule has 3 N–H and O–H groups in total. The Morgan fingerprint density at radius 3 is 2.07 bits per heavy atom. The molecule has 0 spiro atoms. The highest BCUT2D eigenvalue weighted by Gasteiger charge is 2.16. The Bertz CT molecular complexity index is 209. The maximum atomic E-state index is 5.71. The summed E-state index contributed by atoms with van der Waals surface area (Å²) >= 11 is 0. The van der Waals surface area contributed by atoms with E-state index < -0.39 is 0 Å². The number of aliphatic imine (C=N–C) groups is 1. The second kappa shape index (κ2) is 6.52. The van der Waals surface area contributed by atoms with Gasteiger partial charge < -0.3 is 15.8 Å². The molecule has 92 valence electrons. The van der Waals surface area contributed by atoms with Crippen LogP contribution in [0, 0.1) is 0 Å². The molecule has 0 amide bonds. The molecule has 0 atom stereocenters. The predicted octanol–water partition coefficient (Wildman–Crippen LogP) is 1.73. The van der Waals surface area contributed by atoms with Gasteiger partial charge in [0.2, 0.25) is 0 Å². The minimum absolute atomic E-state index is 0. The van der Waals surface area contributed by atoms with Crippen molar-refractivity contribution in [3.63, 3.8) is 0 Å². The van der Waals surface area contributed by atoms with Crippen molar-refractivity contribution in [3.8, 4) is 0 Å². The van der Waals surface area contributed by atoms with E-state index in [0.29, 0.717) is 12.5 Å². The molecule has 15 heavy (non-hydrogen) atoms. The van der Waals surface area contributed by atoms with Crippen molar-refractivity contribution in [3.05, 3.63) is 0 Å². The average molecular weight is 329 g/mol. The number of ether oxygens (including phenoxy) is 1. The molecule has 0 aliphatic heterocycles. The average Bonchev–Trinajstić information content (AvgIpc) is 1.98. The number of methoxy groups -OCH3 is 1. The summed E-state index contributed by atoms with van der Waals surface area (Å²) in [5, 5.41) is 3.09. The fourth-order valence-electron chi connectivity index (χ4n) is 0.764. The quantitative estimate of drug-likeness (QED) is 0.471. The highest BCUT2D eigenvalue weighted by Crippen LogP contribution is 2.07. The Hall–Kier alpha value is -0.0400. The fourth-order valence-corrected chi connectivity index (χ4v) is 0.764. The molecular weight excluding hydrogens is 305 g/mol. The van der Waals surface area contributed by atoms with Gasteiger partial charge in [0, 0.05) is 12.6 Å². The third-order valence-electron chi connectivity index (χ3n) is 1.69. The van der Waals surface area contributed by atoms with Crippen LogP contribution in [0.3, 0.4) is 0 Å². The summed E-state index contributed by atoms with van der Waals surface area (Å²) in [6.45, 7) is 10.6. The Morgan fingerprint density at radius 1 is 1.27 bits per heavy atom. The summed E-state index contributed by atoms with van der Waals surface area (Å²) < 4.78 is 5.23. The number of nitrogens with two attached hydrogens (primary N) is 1. The Morgan fingerprint density at radius 2 is 1.73 bits per heavy atom. The topological polar surface area (TPSA) is 59.6 Å². The number of hydrogen-bond acceptors (Lipinski definition) is 2. The lowest BCUT2D eigenvalue weighted by Crippen LogP contribution is -2.45. The minimum Gasteiger partial charge on any atom is -0.377 e. The molecule has 0 unspecified atom stereocenters. The lowest BCUT2D eigenvalue weighted by atomic mass is 10.1. The largest absolute Gasteiger partial charge is 0.377 e. The molecule has 0 bridgehead atoms. The molecule has 0 fully saturated rings. The van der Waals surface area contributed by atoms with Gasteiger partial charge >= 0.3 is 0 Å². The fraction of sp³-hybridized carbons (Fsp3) is 0.900. The van der Waals surface area contributed by atoms with E-state index in [4.69, 9.17) is 10.5 Å². The van der Waals surface area contributed by atoms with Gasteiger partial charge in [-0.2, -0.15) is 0 Å². The Kier molecular flexibility index (Phi) is 7.55. The SMILES string of the molecule is COC(C)(C)CN=C(N)NC(C)(C)C.I. The zero-order valence-electron chi connectivity index (χ0n) is 10.5. The third-order valence-corrected chi connectivity index (χ3v) is 1.69. The van der Waals surface area contributed by atoms with Gasteiger partial charge in [-0.05, 0) is 34.6 Å². The maximum absolute atomic E-state index is 5.71. The first-order chi connectivity index (χ1) is 6.16. The van der Waals surface area contributed by atoms with E-state index in [2.05, 4.69) is 10.3 Å². The molecule has 5 heteroatoms. The summed E-state index contributed by atoms with van der Waals surface area (Å²) in [4.78, 5) is 4.21. The Labute approximate surface area is 110 Å². The van der Waals surface area contributed by atoms with Crippen LogP contribution in [0.4, 0.5) is 0 Å². The minimum atomic E-state index is -0.260. The molecule has 0 aliphatic carbocycles. The number of nitrogens with one attached hydrogen (secondary N) is 1. The zero-order chi connectivity index (χ0) is 11.4. The van der Waals surface area contributed by atoms with E-state index in [1.165, 1.54) is 0 Å². The highest BCUT2D eigenvalue weighted by molar-refractivity contribution is 14.0. The third kappa shape index (κ3) is 10.2. The number of guanidine groups is 1. The second-order valence-electron chi connectivity index (χ2n) is 5.04. The molecular formula is C10H24IN3O. The lowest BCUT2D eigenvalue weighted by molar-refractivity contribution is 0.0311. The van der Waals surface area contributed by atoms with Gasteiger partial charge in [0.15, 0.2) is 5.96 Å². The first-order valence-electron chi connectivity index (χ1n) is 4.79. The van der Waals surface area contributed by atoms with Crippen molar-refractivity contribution in [2.75, 3.05) is 13.7 Å². The van der Waals surface area contributed by atoms with Crippen LogP contribution in [-0.2, 0) is 4.74 Å². The standard InChI is InChI=1S/C10H23N3O.HI/c1-9(2,3)13-8(11)12-7-10(4,5)14-6;/h7H2,1-6H3,(H3,11,12,13);1H. The molecule has 0 aromatic heterocycles. The normalized spacial score (nSPS) is 13.3. The summed E-state index contributed by atoms with van der Waals surface area (Å²) in [6.07, 6.45) is 0. The molecule has 0 aromatic rings.